The lowest BCUT2D eigenvalue weighted by Crippen LogP contribution is -2.42. The van der Waals surface area contributed by atoms with Crippen molar-refractivity contribution >= 4 is 15.9 Å². The van der Waals surface area contributed by atoms with Crippen LogP contribution in [0.2, 0.25) is 0 Å². The number of halogens is 5. The molecule has 0 aliphatic rings. The average molecular weight is 485 g/mol. The molecule has 0 saturated carbocycles. The summed E-state index contributed by atoms with van der Waals surface area (Å²) in [5.74, 6) is -1.07. The van der Waals surface area contributed by atoms with Gasteiger partial charge in [-0.2, -0.15) is 13.2 Å². The molecule has 0 bridgehead atoms. The Kier molecular flexibility index (Phi) is 6.30. The third-order valence-corrected chi connectivity index (χ3v) is 5.74. The van der Waals surface area contributed by atoms with Crippen LogP contribution in [0.4, 0.5) is 17.6 Å². The van der Waals surface area contributed by atoms with Crippen LogP contribution in [0.1, 0.15) is 22.4 Å². The Morgan fingerprint density at radius 2 is 1.63 bits per heavy atom. The predicted octanol–water partition coefficient (Wildman–Crippen LogP) is 4.53. The molecule has 3 rings (SSSR count). The third-order valence-electron chi connectivity index (χ3n) is 4.82. The van der Waals surface area contributed by atoms with Crippen LogP contribution in [-0.4, -0.2) is 9.13 Å². The van der Waals surface area contributed by atoms with E-state index in [-0.39, 0.29) is 16.7 Å². The van der Waals surface area contributed by atoms with Gasteiger partial charge in [0.15, 0.2) is 0 Å². The van der Waals surface area contributed by atoms with Gasteiger partial charge in [0.1, 0.15) is 10.3 Å². The molecule has 0 unspecified atom stereocenters. The van der Waals surface area contributed by atoms with Gasteiger partial charge in [0, 0.05) is 17.8 Å². The van der Waals surface area contributed by atoms with Gasteiger partial charge < -0.3 is 0 Å². The SMILES string of the molecule is Cc1c(Br)c(=O)n(CCc2ccccc2)c(=O)n1Cc1c(F)cccc1C(F)(F)F. The molecule has 3 aromatic rings. The van der Waals surface area contributed by atoms with Crippen LogP contribution < -0.4 is 11.2 Å². The molecule has 30 heavy (non-hydrogen) atoms. The molecule has 0 saturated heterocycles. The number of aromatic nitrogens is 2. The van der Waals surface area contributed by atoms with E-state index < -0.39 is 40.9 Å². The maximum Gasteiger partial charge on any atom is 0.416 e. The Labute approximate surface area is 177 Å². The van der Waals surface area contributed by atoms with Crippen molar-refractivity contribution in [1.82, 2.24) is 9.13 Å². The topological polar surface area (TPSA) is 44.0 Å². The molecule has 9 heteroatoms. The van der Waals surface area contributed by atoms with Crippen molar-refractivity contribution in [3.05, 3.63) is 102 Å². The van der Waals surface area contributed by atoms with E-state index in [1.165, 1.54) is 6.92 Å². The summed E-state index contributed by atoms with van der Waals surface area (Å²) >= 11 is 3.12. The number of alkyl halides is 3. The van der Waals surface area contributed by atoms with Gasteiger partial charge >= 0.3 is 11.9 Å². The number of aryl methyl sites for hydroxylation is 1. The van der Waals surface area contributed by atoms with Crippen molar-refractivity contribution in [2.24, 2.45) is 0 Å². The van der Waals surface area contributed by atoms with Crippen molar-refractivity contribution in [1.29, 1.82) is 0 Å². The van der Waals surface area contributed by atoms with Gasteiger partial charge in [0.2, 0.25) is 0 Å². The summed E-state index contributed by atoms with van der Waals surface area (Å²) in [5, 5.41) is 0. The molecule has 0 aliphatic carbocycles. The van der Waals surface area contributed by atoms with Gasteiger partial charge in [-0.15, -0.1) is 0 Å². The Bertz CT molecular complexity index is 1180. The molecule has 0 radical (unpaired) electrons. The highest BCUT2D eigenvalue weighted by molar-refractivity contribution is 9.10. The van der Waals surface area contributed by atoms with Gasteiger partial charge in [0.05, 0.1) is 12.1 Å². The number of nitrogens with zero attached hydrogens (tertiary/aromatic N) is 2. The summed E-state index contributed by atoms with van der Waals surface area (Å²) in [4.78, 5) is 25.5. The fourth-order valence-electron chi connectivity index (χ4n) is 3.18. The first-order valence-electron chi connectivity index (χ1n) is 8.99. The first-order valence-corrected chi connectivity index (χ1v) is 9.78. The molecule has 0 spiro atoms. The number of benzene rings is 2. The van der Waals surface area contributed by atoms with Crippen molar-refractivity contribution in [2.75, 3.05) is 0 Å². The van der Waals surface area contributed by atoms with Gasteiger partial charge in [0.25, 0.3) is 5.56 Å². The van der Waals surface area contributed by atoms with E-state index in [1.54, 1.807) is 0 Å². The number of rotatable bonds is 5. The zero-order chi connectivity index (χ0) is 22.1. The van der Waals surface area contributed by atoms with Crippen LogP contribution in [-0.2, 0) is 25.7 Å². The fraction of sp³-hybridized carbons (Fsp3) is 0.238. The van der Waals surface area contributed by atoms with Gasteiger partial charge in [-0.25, -0.2) is 9.18 Å². The summed E-state index contributed by atoms with van der Waals surface area (Å²) in [7, 11) is 0. The maximum atomic E-state index is 14.3. The summed E-state index contributed by atoms with van der Waals surface area (Å²) in [6, 6.07) is 11.8. The van der Waals surface area contributed by atoms with E-state index in [0.717, 1.165) is 32.9 Å². The minimum absolute atomic E-state index is 0.0317. The lowest BCUT2D eigenvalue weighted by Gasteiger charge is -2.18. The van der Waals surface area contributed by atoms with Crippen LogP contribution in [0, 0.1) is 12.7 Å². The largest absolute Gasteiger partial charge is 0.416 e. The van der Waals surface area contributed by atoms with Crippen molar-refractivity contribution < 1.29 is 17.6 Å². The van der Waals surface area contributed by atoms with Crippen molar-refractivity contribution in [2.45, 2.75) is 32.6 Å². The first-order chi connectivity index (χ1) is 14.1. The predicted molar refractivity (Wildman–Crippen MR) is 108 cm³/mol. The lowest BCUT2D eigenvalue weighted by atomic mass is 10.1. The summed E-state index contributed by atoms with van der Waals surface area (Å²) < 4.78 is 56.3. The van der Waals surface area contributed by atoms with Gasteiger partial charge in [-0.05, 0) is 47.0 Å². The monoisotopic (exact) mass is 484 g/mol. The maximum absolute atomic E-state index is 14.3. The van der Waals surface area contributed by atoms with Crippen LogP contribution in [0.15, 0.2) is 62.6 Å². The van der Waals surface area contributed by atoms with E-state index >= 15 is 0 Å². The standard InChI is InChI=1S/C21H17BrF4N2O2/c1-13-18(22)19(29)27(11-10-14-6-3-2-4-7-14)20(30)28(13)12-15-16(21(24,25)26)8-5-9-17(15)23/h2-9H,10-12H2,1H3. The molecule has 0 fully saturated rings. The van der Waals surface area contributed by atoms with Crippen LogP contribution >= 0.6 is 15.9 Å². The molecule has 158 valence electrons. The Morgan fingerprint density at radius 3 is 2.27 bits per heavy atom. The summed E-state index contributed by atoms with van der Waals surface area (Å²) in [5.41, 5.74) is -2.19. The molecule has 0 amide bonds. The zero-order valence-electron chi connectivity index (χ0n) is 15.8. The Morgan fingerprint density at radius 1 is 0.967 bits per heavy atom. The quantitative estimate of drug-likeness (QED) is 0.499. The average Bonchev–Trinajstić information content (AvgIpc) is 2.70. The van der Waals surface area contributed by atoms with E-state index in [4.69, 9.17) is 0 Å². The molecule has 4 nitrogen and oxygen atoms in total. The van der Waals surface area contributed by atoms with Gasteiger partial charge in [-0.3, -0.25) is 13.9 Å². The fourth-order valence-corrected chi connectivity index (χ4v) is 3.61. The molecule has 0 aliphatic heterocycles. The molecule has 2 aromatic carbocycles. The minimum Gasteiger partial charge on any atom is -0.292 e. The van der Waals surface area contributed by atoms with Crippen LogP contribution in [0.5, 0.6) is 0 Å². The number of hydrogen-bond acceptors (Lipinski definition) is 2. The second kappa shape index (κ2) is 8.59. The molecule has 0 atom stereocenters. The van der Waals surface area contributed by atoms with Gasteiger partial charge in [-0.1, -0.05) is 36.4 Å². The van der Waals surface area contributed by atoms with Crippen LogP contribution in [0.3, 0.4) is 0 Å². The second-order valence-electron chi connectivity index (χ2n) is 6.72. The van der Waals surface area contributed by atoms with E-state index in [0.29, 0.717) is 6.42 Å². The zero-order valence-corrected chi connectivity index (χ0v) is 17.4. The molecule has 1 heterocycles. The smallest absolute Gasteiger partial charge is 0.292 e. The van der Waals surface area contributed by atoms with E-state index in [2.05, 4.69) is 15.9 Å². The minimum atomic E-state index is -4.78. The van der Waals surface area contributed by atoms with Crippen molar-refractivity contribution in [3.8, 4) is 0 Å². The Balaban J connectivity index is 2.08. The lowest BCUT2D eigenvalue weighted by molar-refractivity contribution is -0.138. The van der Waals surface area contributed by atoms with Crippen LogP contribution in [0.25, 0.3) is 0 Å². The summed E-state index contributed by atoms with van der Waals surface area (Å²) in [6.45, 7) is 0.795. The highest BCUT2D eigenvalue weighted by Crippen LogP contribution is 2.33. The van der Waals surface area contributed by atoms with Crippen molar-refractivity contribution in [3.63, 3.8) is 0 Å². The Hall–Kier alpha value is -2.68. The summed E-state index contributed by atoms with van der Waals surface area (Å²) in [6.07, 6.45) is -4.41. The highest BCUT2D eigenvalue weighted by atomic mass is 79.9. The molecular formula is C21H17BrF4N2O2. The molecule has 1 aromatic heterocycles. The number of hydrogen-bond donors (Lipinski definition) is 0. The second-order valence-corrected chi connectivity index (χ2v) is 7.52. The molecule has 0 N–H and O–H groups in total. The van der Waals surface area contributed by atoms with E-state index in [1.807, 2.05) is 30.3 Å². The van der Waals surface area contributed by atoms with E-state index in [9.17, 15) is 27.2 Å². The molecular weight excluding hydrogens is 468 g/mol. The first kappa shape index (κ1) is 22.0. The normalized spacial score (nSPS) is 11.7. The highest BCUT2D eigenvalue weighted by Gasteiger charge is 2.34. The third kappa shape index (κ3) is 4.40.